The average Bonchev–Trinajstić information content (AvgIpc) is 2.99. The zero-order valence-electron chi connectivity index (χ0n) is 8.66. The molecule has 92 valence electrons. The molecule has 1 aliphatic carbocycles. The van der Waals surface area contributed by atoms with Crippen molar-refractivity contribution in [1.82, 2.24) is 4.98 Å². The lowest BCUT2D eigenvalue weighted by molar-refractivity contribution is 0.0686. The van der Waals surface area contributed by atoms with Gasteiger partial charge in [0.15, 0.2) is 5.03 Å². The minimum absolute atomic E-state index is 0.0148. The Hall–Kier alpha value is -1.67. The molecule has 0 aliphatic heterocycles. The van der Waals surface area contributed by atoms with Crippen LogP contribution in [0.2, 0.25) is 0 Å². The fourth-order valence-corrected chi connectivity index (χ4v) is 1.98. The van der Waals surface area contributed by atoms with Gasteiger partial charge in [0.1, 0.15) is 11.3 Å². The van der Waals surface area contributed by atoms with Gasteiger partial charge in [0.2, 0.25) is 0 Å². The molecule has 3 N–H and O–H groups in total. The van der Waals surface area contributed by atoms with E-state index in [0.29, 0.717) is 0 Å². The number of nitrogens with zero attached hydrogens (tertiary/aromatic N) is 1. The fraction of sp³-hybridized carbons (Fsp3) is 0.333. The molecule has 1 aliphatic rings. The fourth-order valence-electron chi connectivity index (χ4n) is 1.30. The SMILES string of the molecule is NS(=O)(=O)c1nccc(OC2CC2)c1C(=O)O. The number of primary sulfonamides is 1. The molecule has 1 saturated carbocycles. The highest BCUT2D eigenvalue weighted by Crippen LogP contribution is 2.30. The number of carboxylic acids is 1. The Labute approximate surface area is 97.3 Å². The Morgan fingerprint density at radius 1 is 1.53 bits per heavy atom. The molecule has 1 fully saturated rings. The molecule has 0 unspecified atom stereocenters. The Morgan fingerprint density at radius 3 is 2.65 bits per heavy atom. The van der Waals surface area contributed by atoms with Crippen LogP contribution in [0.15, 0.2) is 17.3 Å². The van der Waals surface area contributed by atoms with Crippen LogP contribution in [-0.2, 0) is 10.0 Å². The number of carbonyl (C=O) groups is 1. The summed E-state index contributed by atoms with van der Waals surface area (Å²) in [5, 5.41) is 13.2. The predicted octanol–water partition coefficient (Wildman–Crippen LogP) is -0.0316. The minimum Gasteiger partial charge on any atom is -0.489 e. The van der Waals surface area contributed by atoms with Crippen LogP contribution >= 0.6 is 0 Å². The number of rotatable bonds is 4. The molecule has 0 atom stereocenters. The lowest BCUT2D eigenvalue weighted by Gasteiger charge is -2.09. The van der Waals surface area contributed by atoms with Crippen molar-refractivity contribution in [3.63, 3.8) is 0 Å². The van der Waals surface area contributed by atoms with Gasteiger partial charge >= 0.3 is 5.97 Å². The molecule has 0 amide bonds. The van der Waals surface area contributed by atoms with E-state index < -0.39 is 26.6 Å². The normalized spacial score (nSPS) is 15.6. The van der Waals surface area contributed by atoms with Crippen LogP contribution in [0.4, 0.5) is 0 Å². The summed E-state index contributed by atoms with van der Waals surface area (Å²) in [6, 6.07) is 1.32. The van der Waals surface area contributed by atoms with E-state index in [1.54, 1.807) is 0 Å². The lowest BCUT2D eigenvalue weighted by atomic mass is 10.2. The highest BCUT2D eigenvalue weighted by Gasteiger charge is 2.30. The first-order valence-corrected chi connectivity index (χ1v) is 6.36. The summed E-state index contributed by atoms with van der Waals surface area (Å²) in [6.45, 7) is 0. The Bertz CT molecular complexity index is 565. The monoisotopic (exact) mass is 258 g/mol. The molecule has 0 radical (unpaired) electrons. The largest absolute Gasteiger partial charge is 0.489 e. The van der Waals surface area contributed by atoms with Gasteiger partial charge in [0.05, 0.1) is 6.10 Å². The second-order valence-electron chi connectivity index (χ2n) is 3.66. The third-order valence-corrected chi connectivity index (χ3v) is 3.03. The van der Waals surface area contributed by atoms with E-state index in [4.69, 9.17) is 15.0 Å². The van der Waals surface area contributed by atoms with E-state index in [-0.39, 0.29) is 11.9 Å². The van der Waals surface area contributed by atoms with Crippen molar-refractivity contribution in [2.24, 2.45) is 5.14 Å². The summed E-state index contributed by atoms with van der Waals surface area (Å²) in [5.74, 6) is -1.45. The zero-order chi connectivity index (χ0) is 12.6. The molecular weight excluding hydrogens is 248 g/mol. The maximum absolute atomic E-state index is 11.2. The predicted molar refractivity (Wildman–Crippen MR) is 56.2 cm³/mol. The van der Waals surface area contributed by atoms with E-state index in [2.05, 4.69) is 4.98 Å². The van der Waals surface area contributed by atoms with Gasteiger partial charge in [-0.05, 0) is 18.9 Å². The smallest absolute Gasteiger partial charge is 0.342 e. The van der Waals surface area contributed by atoms with E-state index in [1.165, 1.54) is 6.07 Å². The van der Waals surface area contributed by atoms with Crippen LogP contribution in [0.25, 0.3) is 0 Å². The van der Waals surface area contributed by atoms with Gasteiger partial charge in [0, 0.05) is 6.20 Å². The molecule has 1 aromatic rings. The van der Waals surface area contributed by atoms with Gasteiger partial charge in [-0.2, -0.15) is 0 Å². The molecule has 8 heteroatoms. The second kappa shape index (κ2) is 3.97. The van der Waals surface area contributed by atoms with Gasteiger partial charge in [-0.1, -0.05) is 0 Å². The standard InChI is InChI=1S/C9H10N2O5S/c10-17(14,15)8-7(9(12)13)6(3-4-11-8)16-5-1-2-5/h3-5H,1-2H2,(H,12,13)(H2,10,14,15). The van der Waals surface area contributed by atoms with Crippen molar-refractivity contribution in [2.75, 3.05) is 0 Å². The molecular formula is C9H10N2O5S. The summed E-state index contributed by atoms with van der Waals surface area (Å²) < 4.78 is 27.7. The molecule has 0 spiro atoms. The Kier molecular flexibility index (Phi) is 2.76. The number of nitrogens with two attached hydrogens (primary N) is 1. The zero-order valence-corrected chi connectivity index (χ0v) is 9.48. The first kappa shape index (κ1) is 11.8. The van der Waals surface area contributed by atoms with Crippen molar-refractivity contribution in [1.29, 1.82) is 0 Å². The maximum Gasteiger partial charge on any atom is 0.342 e. The Balaban J connectivity index is 2.55. The van der Waals surface area contributed by atoms with Crippen LogP contribution in [0.3, 0.4) is 0 Å². The van der Waals surface area contributed by atoms with Crippen molar-refractivity contribution >= 4 is 16.0 Å². The van der Waals surface area contributed by atoms with Gasteiger partial charge in [-0.3, -0.25) is 0 Å². The van der Waals surface area contributed by atoms with Gasteiger partial charge in [-0.25, -0.2) is 23.3 Å². The van der Waals surface area contributed by atoms with Gasteiger partial charge in [-0.15, -0.1) is 0 Å². The number of pyridine rings is 1. The van der Waals surface area contributed by atoms with E-state index in [1.807, 2.05) is 0 Å². The van der Waals surface area contributed by atoms with E-state index in [0.717, 1.165) is 19.0 Å². The molecule has 0 saturated heterocycles. The number of sulfonamides is 1. The third kappa shape index (κ3) is 2.53. The summed E-state index contributed by atoms with van der Waals surface area (Å²) >= 11 is 0. The lowest BCUT2D eigenvalue weighted by Crippen LogP contribution is -2.19. The quantitative estimate of drug-likeness (QED) is 0.782. The first-order chi connectivity index (χ1) is 7.89. The highest BCUT2D eigenvalue weighted by atomic mass is 32.2. The third-order valence-electron chi connectivity index (χ3n) is 2.18. The molecule has 1 aromatic heterocycles. The van der Waals surface area contributed by atoms with Crippen molar-refractivity contribution in [3.8, 4) is 5.75 Å². The van der Waals surface area contributed by atoms with E-state index in [9.17, 15) is 13.2 Å². The van der Waals surface area contributed by atoms with Crippen molar-refractivity contribution < 1.29 is 23.1 Å². The molecule has 7 nitrogen and oxygen atoms in total. The van der Waals surface area contributed by atoms with E-state index >= 15 is 0 Å². The van der Waals surface area contributed by atoms with Crippen molar-refractivity contribution in [2.45, 2.75) is 24.0 Å². The molecule has 2 rings (SSSR count). The summed E-state index contributed by atoms with van der Waals surface area (Å²) in [5.41, 5.74) is -0.512. The highest BCUT2D eigenvalue weighted by molar-refractivity contribution is 7.89. The first-order valence-electron chi connectivity index (χ1n) is 4.81. The summed E-state index contributed by atoms with van der Waals surface area (Å²) in [7, 11) is -4.19. The number of carboxylic acid groups (broad SMARTS) is 1. The topological polar surface area (TPSA) is 120 Å². The molecule has 17 heavy (non-hydrogen) atoms. The molecule has 0 aromatic carbocycles. The van der Waals surface area contributed by atoms with Gasteiger partial charge in [0.25, 0.3) is 10.0 Å². The number of aromatic carboxylic acids is 1. The molecule has 1 heterocycles. The number of ether oxygens (including phenoxy) is 1. The number of hydrogen-bond acceptors (Lipinski definition) is 5. The van der Waals surface area contributed by atoms with Crippen LogP contribution < -0.4 is 9.88 Å². The Morgan fingerprint density at radius 2 is 2.18 bits per heavy atom. The minimum atomic E-state index is -4.19. The van der Waals surface area contributed by atoms with Crippen LogP contribution in [0.5, 0.6) is 5.75 Å². The van der Waals surface area contributed by atoms with Crippen molar-refractivity contribution in [3.05, 3.63) is 17.8 Å². The number of hydrogen-bond donors (Lipinski definition) is 2. The summed E-state index contributed by atoms with van der Waals surface area (Å²) in [6.07, 6.45) is 2.76. The molecule has 0 bridgehead atoms. The van der Waals surface area contributed by atoms with Crippen LogP contribution in [0, 0.1) is 0 Å². The second-order valence-corrected chi connectivity index (χ2v) is 5.13. The average molecular weight is 258 g/mol. The van der Waals surface area contributed by atoms with Gasteiger partial charge < -0.3 is 9.84 Å². The summed E-state index contributed by atoms with van der Waals surface area (Å²) in [4.78, 5) is 14.5. The van der Waals surface area contributed by atoms with Crippen LogP contribution in [0.1, 0.15) is 23.2 Å². The van der Waals surface area contributed by atoms with Crippen LogP contribution in [-0.4, -0.2) is 30.6 Å². The number of aromatic nitrogens is 1. The maximum atomic E-state index is 11.2.